The van der Waals surface area contributed by atoms with E-state index in [0.29, 0.717) is 22.1 Å². The van der Waals surface area contributed by atoms with Crippen LogP contribution in [0.2, 0.25) is 0 Å². The van der Waals surface area contributed by atoms with Crippen LogP contribution in [0.5, 0.6) is 0 Å². The fourth-order valence-corrected chi connectivity index (χ4v) is 2.25. The molecule has 0 unspecified atom stereocenters. The van der Waals surface area contributed by atoms with Gasteiger partial charge in [0.2, 0.25) is 11.1 Å². The van der Waals surface area contributed by atoms with Gasteiger partial charge in [0.05, 0.1) is 11.6 Å². The van der Waals surface area contributed by atoms with E-state index in [4.69, 9.17) is 4.42 Å². The summed E-state index contributed by atoms with van der Waals surface area (Å²) in [6.45, 7) is 0. The van der Waals surface area contributed by atoms with Crippen LogP contribution in [0.4, 0.5) is 0 Å². The van der Waals surface area contributed by atoms with Crippen LogP contribution in [0, 0.1) is 0 Å². The summed E-state index contributed by atoms with van der Waals surface area (Å²) in [5, 5.41) is 9.67. The average molecular weight is 236 g/mol. The Morgan fingerprint density at radius 1 is 1.06 bits per heavy atom. The predicted molar refractivity (Wildman–Crippen MR) is 69.6 cm³/mol. The molecule has 0 bridgehead atoms. The quantitative estimate of drug-likeness (QED) is 0.477. The summed E-state index contributed by atoms with van der Waals surface area (Å²) in [6, 6.07) is 11.6. The molecule has 0 fully saturated rings. The number of H-pyrrole nitrogens is 1. The third-order valence-electron chi connectivity index (χ3n) is 3.15. The van der Waals surface area contributed by atoms with E-state index in [2.05, 4.69) is 10.2 Å². The molecule has 4 aromatic rings. The van der Waals surface area contributed by atoms with Crippen LogP contribution in [0.1, 0.15) is 0 Å². The molecule has 0 aliphatic carbocycles. The molecule has 0 saturated heterocycles. The van der Waals surface area contributed by atoms with E-state index >= 15 is 0 Å². The number of nitrogens with zero attached hydrogens (tertiary/aromatic N) is 1. The van der Waals surface area contributed by atoms with Gasteiger partial charge in [-0.1, -0.05) is 24.3 Å². The zero-order valence-corrected chi connectivity index (χ0v) is 9.31. The first-order chi connectivity index (χ1) is 8.83. The van der Waals surface area contributed by atoms with Crippen LogP contribution in [0.25, 0.3) is 32.8 Å². The third-order valence-corrected chi connectivity index (χ3v) is 3.15. The SMILES string of the molecule is O=c1c2cc3ccccc3cc2oc2[nH]ncc12. The standard InChI is InChI=1S/C14H8N2O2/c17-13-10-5-8-3-1-2-4-9(8)6-12(10)18-14-11(13)7-15-16-14/h1-7H,(H,15,16). The van der Waals surface area contributed by atoms with Gasteiger partial charge in [-0.15, -0.1) is 0 Å². The fourth-order valence-electron chi connectivity index (χ4n) is 2.25. The van der Waals surface area contributed by atoms with E-state index in [1.54, 1.807) is 0 Å². The van der Waals surface area contributed by atoms with Gasteiger partial charge in [0, 0.05) is 0 Å². The number of aromatic amines is 1. The molecule has 0 aliphatic rings. The van der Waals surface area contributed by atoms with Crippen LogP contribution in [0.15, 0.2) is 51.8 Å². The Balaban J connectivity index is 2.32. The van der Waals surface area contributed by atoms with Gasteiger partial charge in [0.25, 0.3) is 0 Å². The van der Waals surface area contributed by atoms with Crippen molar-refractivity contribution in [3.8, 4) is 0 Å². The van der Waals surface area contributed by atoms with Gasteiger partial charge >= 0.3 is 0 Å². The summed E-state index contributed by atoms with van der Waals surface area (Å²) < 4.78 is 5.66. The Kier molecular flexibility index (Phi) is 1.67. The lowest BCUT2D eigenvalue weighted by Crippen LogP contribution is -2.00. The number of nitrogens with one attached hydrogen (secondary N) is 1. The Bertz CT molecular complexity index is 950. The Hall–Kier alpha value is -2.62. The Morgan fingerprint density at radius 3 is 2.67 bits per heavy atom. The van der Waals surface area contributed by atoms with Gasteiger partial charge in [0.15, 0.2) is 0 Å². The van der Waals surface area contributed by atoms with Crippen molar-refractivity contribution in [2.24, 2.45) is 0 Å². The summed E-state index contributed by atoms with van der Waals surface area (Å²) in [6.07, 6.45) is 1.50. The number of hydrogen-bond acceptors (Lipinski definition) is 3. The first kappa shape index (κ1) is 9.41. The zero-order chi connectivity index (χ0) is 12.1. The van der Waals surface area contributed by atoms with Crippen LogP contribution in [0.3, 0.4) is 0 Å². The van der Waals surface area contributed by atoms with Crippen molar-refractivity contribution in [3.63, 3.8) is 0 Å². The lowest BCUT2D eigenvalue weighted by atomic mass is 10.1. The van der Waals surface area contributed by atoms with Gasteiger partial charge in [-0.05, 0) is 22.9 Å². The minimum atomic E-state index is -0.0502. The lowest BCUT2D eigenvalue weighted by Gasteiger charge is -2.00. The normalized spacial score (nSPS) is 11.6. The van der Waals surface area contributed by atoms with E-state index in [9.17, 15) is 4.79 Å². The monoisotopic (exact) mass is 236 g/mol. The first-order valence-corrected chi connectivity index (χ1v) is 5.61. The second kappa shape index (κ2) is 3.20. The molecule has 4 heteroatoms. The van der Waals surface area contributed by atoms with Crippen molar-refractivity contribution >= 4 is 32.8 Å². The second-order valence-electron chi connectivity index (χ2n) is 4.24. The van der Waals surface area contributed by atoms with Gasteiger partial charge in [-0.25, -0.2) is 5.10 Å². The van der Waals surface area contributed by atoms with Crippen LogP contribution in [-0.2, 0) is 0 Å². The first-order valence-electron chi connectivity index (χ1n) is 5.61. The molecule has 2 aromatic carbocycles. The van der Waals surface area contributed by atoms with E-state index in [1.165, 1.54) is 6.20 Å². The molecule has 4 rings (SSSR count). The van der Waals surface area contributed by atoms with Crippen molar-refractivity contribution < 1.29 is 4.42 Å². The number of fused-ring (bicyclic) bond motifs is 3. The molecule has 0 atom stereocenters. The summed E-state index contributed by atoms with van der Waals surface area (Å²) in [7, 11) is 0. The molecule has 0 amide bonds. The highest BCUT2D eigenvalue weighted by Gasteiger charge is 2.09. The second-order valence-corrected chi connectivity index (χ2v) is 4.24. The zero-order valence-electron chi connectivity index (χ0n) is 9.31. The number of benzene rings is 2. The highest BCUT2D eigenvalue weighted by Crippen LogP contribution is 2.23. The smallest absolute Gasteiger partial charge is 0.226 e. The van der Waals surface area contributed by atoms with Crippen LogP contribution < -0.4 is 5.43 Å². The third kappa shape index (κ3) is 1.14. The van der Waals surface area contributed by atoms with Gasteiger partial charge in [-0.2, -0.15) is 5.10 Å². The Labute approximate surface area is 101 Å². The fraction of sp³-hybridized carbons (Fsp3) is 0. The maximum atomic E-state index is 12.3. The molecule has 86 valence electrons. The molecule has 0 saturated carbocycles. The molecular formula is C14H8N2O2. The van der Waals surface area contributed by atoms with Crippen molar-refractivity contribution in [2.45, 2.75) is 0 Å². The molecular weight excluding hydrogens is 228 g/mol. The maximum absolute atomic E-state index is 12.3. The average Bonchev–Trinajstić information content (AvgIpc) is 2.86. The summed E-state index contributed by atoms with van der Waals surface area (Å²) in [5.41, 5.74) is 0.948. The molecule has 18 heavy (non-hydrogen) atoms. The minimum Gasteiger partial charge on any atom is -0.438 e. The van der Waals surface area contributed by atoms with E-state index in [0.717, 1.165) is 10.8 Å². The van der Waals surface area contributed by atoms with Crippen molar-refractivity contribution in [3.05, 3.63) is 52.8 Å². The molecule has 2 aromatic heterocycles. The summed E-state index contributed by atoms with van der Waals surface area (Å²) in [5.74, 6) is 0. The largest absolute Gasteiger partial charge is 0.438 e. The van der Waals surface area contributed by atoms with E-state index in [1.807, 2.05) is 36.4 Å². The van der Waals surface area contributed by atoms with Crippen LogP contribution in [-0.4, -0.2) is 10.2 Å². The van der Waals surface area contributed by atoms with Crippen molar-refractivity contribution in [1.29, 1.82) is 0 Å². The molecule has 0 radical (unpaired) electrons. The van der Waals surface area contributed by atoms with Gasteiger partial charge in [-0.3, -0.25) is 4.79 Å². The highest BCUT2D eigenvalue weighted by atomic mass is 16.3. The van der Waals surface area contributed by atoms with E-state index in [-0.39, 0.29) is 5.43 Å². The predicted octanol–water partition coefficient (Wildman–Crippen LogP) is 2.82. The number of rotatable bonds is 0. The van der Waals surface area contributed by atoms with Crippen LogP contribution >= 0.6 is 0 Å². The molecule has 1 N–H and O–H groups in total. The van der Waals surface area contributed by atoms with E-state index < -0.39 is 0 Å². The topological polar surface area (TPSA) is 58.9 Å². The maximum Gasteiger partial charge on any atom is 0.226 e. The van der Waals surface area contributed by atoms with Gasteiger partial charge in [0.1, 0.15) is 11.0 Å². The molecule has 4 nitrogen and oxygen atoms in total. The number of hydrogen-bond donors (Lipinski definition) is 1. The molecule has 2 heterocycles. The Morgan fingerprint density at radius 2 is 1.83 bits per heavy atom. The summed E-state index contributed by atoms with van der Waals surface area (Å²) in [4.78, 5) is 12.3. The van der Waals surface area contributed by atoms with Crippen molar-refractivity contribution in [1.82, 2.24) is 10.2 Å². The lowest BCUT2D eigenvalue weighted by molar-refractivity contribution is 0.642. The number of aromatic nitrogens is 2. The van der Waals surface area contributed by atoms with Crippen molar-refractivity contribution in [2.75, 3.05) is 0 Å². The minimum absolute atomic E-state index is 0.0502. The van der Waals surface area contributed by atoms with Gasteiger partial charge < -0.3 is 4.42 Å². The molecule has 0 aliphatic heterocycles. The summed E-state index contributed by atoms with van der Waals surface area (Å²) >= 11 is 0. The highest BCUT2D eigenvalue weighted by molar-refractivity contribution is 5.98. The molecule has 0 spiro atoms.